The van der Waals surface area contributed by atoms with Gasteiger partial charge in [0, 0.05) is 47.9 Å². The standard InChI is InChI=1S/C32H27BrClF2N3O4/c1-43-30(41)20-10-9-19(12-23(20)35)38-15-25-26(29(38)40)27(21-3-2-4-22(33)28(21)36)32(39(25)14-16-5-6-16)13-17-7-8-18(34)11-24(17)37-31(32)42/h2-4,7-12,16,25-27H,5-6,13-15H2,1H3,(H,37,42)/t25-,26+,27-,32+/m0/s1. The molecule has 0 aromatic heterocycles. The predicted molar refractivity (Wildman–Crippen MR) is 160 cm³/mol. The topological polar surface area (TPSA) is 79.0 Å². The maximum Gasteiger partial charge on any atom is 0.340 e. The molecule has 0 bridgehead atoms. The van der Waals surface area contributed by atoms with E-state index in [1.807, 2.05) is 6.07 Å². The molecule has 3 fully saturated rings. The van der Waals surface area contributed by atoms with Gasteiger partial charge in [-0.3, -0.25) is 14.5 Å². The van der Waals surface area contributed by atoms with Crippen molar-refractivity contribution in [2.75, 3.05) is 30.4 Å². The molecule has 2 amide bonds. The number of halogens is 4. The van der Waals surface area contributed by atoms with Crippen molar-refractivity contribution in [3.05, 3.63) is 92.4 Å². The van der Waals surface area contributed by atoms with Gasteiger partial charge in [-0.05, 0) is 82.2 Å². The van der Waals surface area contributed by atoms with Gasteiger partial charge in [-0.2, -0.15) is 0 Å². The molecule has 222 valence electrons. The highest BCUT2D eigenvalue weighted by molar-refractivity contribution is 9.10. The summed E-state index contributed by atoms with van der Waals surface area (Å²) in [5.74, 6) is -4.04. The number of hydrogen-bond donors (Lipinski definition) is 1. The highest BCUT2D eigenvalue weighted by Gasteiger charge is 2.69. The first-order valence-corrected chi connectivity index (χ1v) is 15.3. The Morgan fingerprint density at radius 2 is 1.93 bits per heavy atom. The van der Waals surface area contributed by atoms with E-state index in [1.165, 1.54) is 24.1 Å². The van der Waals surface area contributed by atoms with Crippen LogP contribution < -0.4 is 10.2 Å². The zero-order chi connectivity index (χ0) is 30.2. The van der Waals surface area contributed by atoms with E-state index >= 15 is 4.39 Å². The van der Waals surface area contributed by atoms with Gasteiger partial charge in [0.2, 0.25) is 11.8 Å². The van der Waals surface area contributed by atoms with E-state index in [1.54, 1.807) is 30.3 Å². The SMILES string of the molecule is COC(=O)c1ccc(N2C[C@H]3[C@@H](C2=O)[C@H](c2cccc(Br)c2F)[C@@]2(Cc4ccc(Cl)cc4NC2=O)N3CC2CC2)cc1F. The molecular weight excluding hydrogens is 644 g/mol. The summed E-state index contributed by atoms with van der Waals surface area (Å²) in [5, 5.41) is 3.54. The van der Waals surface area contributed by atoms with Gasteiger partial charge in [0.15, 0.2) is 0 Å². The Morgan fingerprint density at radius 3 is 2.65 bits per heavy atom. The van der Waals surface area contributed by atoms with Crippen molar-refractivity contribution in [2.45, 2.75) is 36.8 Å². The van der Waals surface area contributed by atoms with Crippen LogP contribution in [0.25, 0.3) is 0 Å². The number of hydrogen-bond acceptors (Lipinski definition) is 5. The maximum absolute atomic E-state index is 16.0. The second-order valence-corrected chi connectivity index (χ2v) is 13.1. The van der Waals surface area contributed by atoms with E-state index < -0.39 is 41.0 Å². The fraction of sp³-hybridized carbons (Fsp3) is 0.344. The lowest BCUT2D eigenvalue weighted by Crippen LogP contribution is -2.62. The Hall–Kier alpha value is -3.34. The average Bonchev–Trinajstić information content (AvgIpc) is 3.70. The van der Waals surface area contributed by atoms with Crippen molar-refractivity contribution in [2.24, 2.45) is 11.8 Å². The molecule has 1 spiro atoms. The first-order chi connectivity index (χ1) is 20.6. The minimum Gasteiger partial charge on any atom is -0.465 e. The van der Waals surface area contributed by atoms with E-state index in [-0.39, 0.29) is 46.1 Å². The molecule has 4 aliphatic rings. The minimum absolute atomic E-state index is 0.182. The van der Waals surface area contributed by atoms with E-state index in [4.69, 9.17) is 11.6 Å². The summed E-state index contributed by atoms with van der Waals surface area (Å²) in [7, 11) is 1.17. The van der Waals surface area contributed by atoms with Crippen LogP contribution >= 0.6 is 27.5 Å². The van der Waals surface area contributed by atoms with Crippen molar-refractivity contribution in [1.29, 1.82) is 0 Å². The van der Waals surface area contributed by atoms with Crippen LogP contribution in [-0.2, 0) is 20.7 Å². The Morgan fingerprint density at radius 1 is 1.14 bits per heavy atom. The third-order valence-corrected chi connectivity index (χ3v) is 10.3. The Bertz CT molecular complexity index is 1700. The fourth-order valence-electron chi connectivity index (χ4n) is 7.34. The number of rotatable bonds is 5. The lowest BCUT2D eigenvalue weighted by Gasteiger charge is -2.46. The molecule has 0 unspecified atom stereocenters. The van der Waals surface area contributed by atoms with Crippen LogP contribution in [-0.4, -0.2) is 54.5 Å². The van der Waals surface area contributed by atoms with Gasteiger partial charge >= 0.3 is 5.97 Å². The van der Waals surface area contributed by atoms with E-state index in [0.29, 0.717) is 23.2 Å². The number of carbonyl (C=O) groups excluding carboxylic acids is 3. The number of nitrogens with one attached hydrogen (secondary N) is 1. The number of ether oxygens (including phenoxy) is 1. The smallest absolute Gasteiger partial charge is 0.340 e. The number of amides is 2. The van der Waals surface area contributed by atoms with E-state index in [0.717, 1.165) is 24.5 Å². The number of nitrogens with zero attached hydrogens (tertiary/aromatic N) is 2. The molecule has 0 radical (unpaired) electrons. The van der Waals surface area contributed by atoms with Crippen molar-refractivity contribution in [3.63, 3.8) is 0 Å². The van der Waals surface area contributed by atoms with Gasteiger partial charge in [-0.25, -0.2) is 13.6 Å². The second-order valence-electron chi connectivity index (χ2n) is 11.8. The molecular formula is C32H27BrClF2N3O4. The third kappa shape index (κ3) is 4.40. The normalized spacial score (nSPS) is 26.4. The van der Waals surface area contributed by atoms with Crippen LogP contribution in [0.5, 0.6) is 0 Å². The summed E-state index contributed by atoms with van der Waals surface area (Å²) in [6.45, 7) is 0.752. The fourth-order valence-corrected chi connectivity index (χ4v) is 7.89. The molecule has 1 aliphatic carbocycles. The molecule has 1 saturated carbocycles. The maximum atomic E-state index is 16.0. The van der Waals surface area contributed by atoms with Gasteiger partial charge in [0.05, 0.1) is 23.1 Å². The number of esters is 1. The number of anilines is 2. The van der Waals surface area contributed by atoms with Gasteiger partial charge in [-0.15, -0.1) is 0 Å². The van der Waals surface area contributed by atoms with Crippen molar-refractivity contribution >= 4 is 56.7 Å². The van der Waals surface area contributed by atoms with E-state index in [9.17, 15) is 18.8 Å². The number of methoxy groups -OCH3 is 1. The van der Waals surface area contributed by atoms with Crippen LogP contribution in [0.4, 0.5) is 20.2 Å². The summed E-state index contributed by atoms with van der Waals surface area (Å²) >= 11 is 9.55. The molecule has 2 saturated heterocycles. The lowest BCUT2D eigenvalue weighted by atomic mass is 9.69. The van der Waals surface area contributed by atoms with Crippen LogP contribution in [0, 0.1) is 23.5 Å². The number of benzene rings is 3. The Labute approximate surface area is 260 Å². The molecule has 11 heteroatoms. The molecule has 7 rings (SSSR count). The summed E-state index contributed by atoms with van der Waals surface area (Å²) in [5.41, 5.74) is 0.537. The molecule has 43 heavy (non-hydrogen) atoms. The predicted octanol–water partition coefficient (Wildman–Crippen LogP) is 5.94. The molecule has 4 atom stereocenters. The van der Waals surface area contributed by atoms with Crippen molar-refractivity contribution in [3.8, 4) is 0 Å². The zero-order valence-electron chi connectivity index (χ0n) is 23.1. The van der Waals surface area contributed by atoms with Crippen LogP contribution in [0.2, 0.25) is 5.02 Å². The number of fused-ring (bicyclic) bond motifs is 2. The molecule has 3 aliphatic heterocycles. The van der Waals surface area contributed by atoms with Gasteiger partial charge in [0.25, 0.3) is 0 Å². The van der Waals surface area contributed by atoms with Crippen LogP contribution in [0.15, 0.2) is 59.1 Å². The van der Waals surface area contributed by atoms with Crippen LogP contribution in [0.3, 0.4) is 0 Å². The summed E-state index contributed by atoms with van der Waals surface area (Å²) in [6.07, 6.45) is 2.29. The first kappa shape index (κ1) is 28.4. The van der Waals surface area contributed by atoms with Gasteiger partial charge < -0.3 is 15.0 Å². The number of likely N-dealkylation sites (tertiary alicyclic amines) is 1. The first-order valence-electron chi connectivity index (χ1n) is 14.1. The van der Waals surface area contributed by atoms with Gasteiger partial charge in [0.1, 0.15) is 17.2 Å². The summed E-state index contributed by atoms with van der Waals surface area (Å²) < 4.78 is 35.9. The Balaban J connectivity index is 1.38. The largest absolute Gasteiger partial charge is 0.465 e. The highest BCUT2D eigenvalue weighted by atomic mass is 79.9. The van der Waals surface area contributed by atoms with Gasteiger partial charge in [-0.1, -0.05) is 29.8 Å². The minimum atomic E-state index is -1.25. The second kappa shape index (κ2) is 10.4. The average molecular weight is 671 g/mol. The highest BCUT2D eigenvalue weighted by Crippen LogP contribution is 2.58. The summed E-state index contributed by atoms with van der Waals surface area (Å²) in [4.78, 5) is 44.4. The zero-order valence-corrected chi connectivity index (χ0v) is 25.4. The molecule has 3 aromatic rings. The van der Waals surface area contributed by atoms with E-state index in [2.05, 4.69) is 30.9 Å². The lowest BCUT2D eigenvalue weighted by molar-refractivity contribution is -0.129. The molecule has 7 nitrogen and oxygen atoms in total. The number of carbonyl (C=O) groups is 3. The monoisotopic (exact) mass is 669 g/mol. The Kier molecular flexibility index (Phi) is 6.87. The third-order valence-electron chi connectivity index (χ3n) is 9.43. The van der Waals surface area contributed by atoms with Crippen LogP contribution in [0.1, 0.15) is 40.2 Å². The molecule has 3 aromatic carbocycles. The van der Waals surface area contributed by atoms with Crippen molar-refractivity contribution in [1.82, 2.24) is 4.90 Å². The molecule has 3 heterocycles. The van der Waals surface area contributed by atoms with Crippen molar-refractivity contribution < 1.29 is 27.9 Å². The molecule has 1 N–H and O–H groups in total. The summed E-state index contributed by atoms with van der Waals surface area (Å²) in [6, 6.07) is 13.8. The quantitative estimate of drug-likeness (QED) is 0.340.